The minimum Gasteiger partial charge on any atom is -0.443 e. The van der Waals surface area contributed by atoms with Crippen LogP contribution in [0.4, 0.5) is 16.2 Å². The van der Waals surface area contributed by atoms with E-state index >= 15 is 0 Å². The third-order valence-corrected chi connectivity index (χ3v) is 4.94. The second kappa shape index (κ2) is 13.3. The molecule has 160 valence electrons. The van der Waals surface area contributed by atoms with Gasteiger partial charge in [0.15, 0.2) is 25.5 Å². The summed E-state index contributed by atoms with van der Waals surface area (Å²) < 4.78 is 7.32. The molecule has 0 aliphatic heterocycles. The fraction of sp³-hybridized carbons (Fsp3) is 0.458. The number of anilines is 1. The van der Waals surface area contributed by atoms with Gasteiger partial charge in [-0.15, -0.1) is 0 Å². The smallest absolute Gasteiger partial charge is 0.411 e. The van der Waals surface area contributed by atoms with Crippen LogP contribution in [0.25, 0.3) is 0 Å². The predicted octanol–water partition coefficient (Wildman–Crippen LogP) is 5.40. The predicted molar refractivity (Wildman–Crippen MR) is 118 cm³/mol. The lowest BCUT2D eigenvalue weighted by Gasteiger charge is -2.07. The first-order chi connectivity index (χ1) is 14.6. The van der Waals surface area contributed by atoms with Gasteiger partial charge in [0.1, 0.15) is 0 Å². The first-order valence-corrected chi connectivity index (χ1v) is 10.7. The number of hydrogen-bond acceptors (Lipinski definition) is 4. The Kier molecular flexibility index (Phi) is 10.3. The Labute approximate surface area is 179 Å². The molecule has 0 atom stereocenters. The van der Waals surface area contributed by atoms with Gasteiger partial charge in [-0.05, 0) is 43.5 Å². The van der Waals surface area contributed by atoms with Crippen LogP contribution in [0.5, 0.6) is 0 Å². The number of benzene rings is 1. The van der Waals surface area contributed by atoms with E-state index in [2.05, 4.69) is 29.5 Å². The largest absolute Gasteiger partial charge is 0.443 e. The molecule has 0 spiro atoms. The lowest BCUT2D eigenvalue weighted by atomic mass is 10.1. The van der Waals surface area contributed by atoms with Crippen molar-refractivity contribution in [1.82, 2.24) is 0 Å². The fourth-order valence-corrected chi connectivity index (χ4v) is 3.23. The van der Waals surface area contributed by atoms with Crippen molar-refractivity contribution in [2.24, 2.45) is 4.99 Å². The van der Waals surface area contributed by atoms with E-state index in [1.54, 1.807) is 18.2 Å². The van der Waals surface area contributed by atoms with Crippen molar-refractivity contribution in [1.29, 1.82) is 0 Å². The average molecular weight is 411 g/mol. The highest BCUT2D eigenvalue weighted by Crippen LogP contribution is 2.22. The molecule has 1 N–H and O–H groups in total. The van der Waals surface area contributed by atoms with Crippen LogP contribution >= 0.6 is 0 Å². The molecule has 0 unspecified atom stereocenters. The van der Waals surface area contributed by atoms with Crippen molar-refractivity contribution in [2.45, 2.75) is 65.3 Å². The van der Waals surface area contributed by atoms with Crippen LogP contribution in [0, 0.1) is 6.92 Å². The zero-order valence-corrected chi connectivity index (χ0v) is 18.0. The molecule has 0 bridgehead atoms. The first kappa shape index (κ1) is 23.3. The summed E-state index contributed by atoms with van der Waals surface area (Å²) in [5.74, 6) is 0. The van der Waals surface area contributed by atoms with Crippen LogP contribution in [-0.2, 0) is 22.5 Å². The summed E-state index contributed by atoms with van der Waals surface area (Å²) in [6.07, 6.45) is 13.9. The second-order valence-electron chi connectivity index (χ2n) is 7.43. The number of carbonyl (C=O) groups excluding carboxylic acids is 2. The molecule has 30 heavy (non-hydrogen) atoms. The minimum absolute atomic E-state index is 0.266. The Morgan fingerprint density at radius 1 is 1.17 bits per heavy atom. The fourth-order valence-electron chi connectivity index (χ4n) is 3.23. The Bertz CT molecular complexity index is 861. The van der Waals surface area contributed by atoms with E-state index in [1.807, 2.05) is 23.8 Å². The van der Waals surface area contributed by atoms with Crippen LogP contribution in [0.1, 0.15) is 56.6 Å². The highest BCUT2D eigenvalue weighted by Gasteiger charge is 2.08. The number of aromatic nitrogens is 1. The number of nitrogens with zero attached hydrogens (tertiary/aromatic N) is 2. The number of ether oxygens (including phenoxy) is 1. The zero-order valence-electron chi connectivity index (χ0n) is 18.0. The van der Waals surface area contributed by atoms with Gasteiger partial charge in [-0.1, -0.05) is 45.1 Å². The van der Waals surface area contributed by atoms with Crippen molar-refractivity contribution in [2.75, 3.05) is 11.9 Å². The van der Waals surface area contributed by atoms with Gasteiger partial charge in [0.2, 0.25) is 6.08 Å². The molecule has 0 aliphatic carbocycles. The third-order valence-electron chi connectivity index (χ3n) is 4.94. The van der Waals surface area contributed by atoms with E-state index in [4.69, 9.17) is 4.74 Å². The second-order valence-corrected chi connectivity index (χ2v) is 7.43. The lowest BCUT2D eigenvalue weighted by molar-refractivity contribution is -0.698. The molecule has 0 fully saturated rings. The van der Waals surface area contributed by atoms with Gasteiger partial charge >= 0.3 is 6.09 Å². The number of unbranched alkanes of at least 4 members (excludes halogenated alkanes) is 5. The SMILES string of the molecule is CCCCCCCCc1ccc[n+](CCOC(=O)Nc2ccc(C)c(N=C=O)c2)c1. The van der Waals surface area contributed by atoms with Crippen molar-refractivity contribution < 1.29 is 18.9 Å². The van der Waals surface area contributed by atoms with E-state index in [1.165, 1.54) is 50.2 Å². The Balaban J connectivity index is 1.73. The lowest BCUT2D eigenvalue weighted by Crippen LogP contribution is -2.36. The number of nitrogens with one attached hydrogen (secondary N) is 1. The maximum absolute atomic E-state index is 12.0. The molecular formula is C24H32N3O3+. The molecule has 1 aromatic carbocycles. The number of rotatable bonds is 12. The summed E-state index contributed by atoms with van der Waals surface area (Å²) in [6, 6.07) is 9.31. The van der Waals surface area contributed by atoms with Crippen LogP contribution in [-0.4, -0.2) is 18.8 Å². The maximum Gasteiger partial charge on any atom is 0.411 e. The Hall–Kier alpha value is -2.98. The molecule has 2 aromatic rings. The molecule has 2 rings (SSSR count). The van der Waals surface area contributed by atoms with Crippen LogP contribution < -0.4 is 9.88 Å². The number of aryl methyl sites for hydroxylation is 2. The Morgan fingerprint density at radius 3 is 2.77 bits per heavy atom. The molecular weight excluding hydrogens is 378 g/mol. The van der Waals surface area contributed by atoms with Gasteiger partial charge in [-0.3, -0.25) is 5.32 Å². The van der Waals surface area contributed by atoms with Gasteiger partial charge in [0.05, 0.1) is 5.69 Å². The van der Waals surface area contributed by atoms with Crippen molar-refractivity contribution in [3.05, 3.63) is 53.9 Å². The number of hydrogen-bond donors (Lipinski definition) is 1. The number of pyridine rings is 1. The summed E-state index contributed by atoms with van der Waals surface area (Å²) >= 11 is 0. The van der Waals surface area contributed by atoms with Gasteiger partial charge in [0.25, 0.3) is 0 Å². The molecule has 1 heterocycles. The normalized spacial score (nSPS) is 10.3. The van der Waals surface area contributed by atoms with Crippen molar-refractivity contribution in [3.63, 3.8) is 0 Å². The molecule has 6 heteroatoms. The van der Waals surface area contributed by atoms with Crippen molar-refractivity contribution >= 4 is 23.5 Å². The molecule has 0 saturated heterocycles. The van der Waals surface area contributed by atoms with Gasteiger partial charge < -0.3 is 4.74 Å². The maximum atomic E-state index is 12.0. The summed E-state index contributed by atoms with van der Waals surface area (Å²) in [6.45, 7) is 4.92. The minimum atomic E-state index is -0.538. The van der Waals surface area contributed by atoms with E-state index in [9.17, 15) is 9.59 Å². The molecule has 0 radical (unpaired) electrons. The third kappa shape index (κ3) is 8.58. The molecule has 1 amide bonds. The topological polar surface area (TPSA) is 71.6 Å². The highest BCUT2D eigenvalue weighted by molar-refractivity contribution is 5.85. The van der Waals surface area contributed by atoms with E-state index in [0.717, 1.165) is 12.0 Å². The Morgan fingerprint density at radius 2 is 1.97 bits per heavy atom. The summed E-state index contributed by atoms with van der Waals surface area (Å²) in [4.78, 5) is 26.1. The summed E-state index contributed by atoms with van der Waals surface area (Å²) in [5, 5.41) is 2.65. The zero-order chi connectivity index (χ0) is 21.6. The highest BCUT2D eigenvalue weighted by atomic mass is 16.5. The number of aliphatic imine (C=N–C) groups is 1. The number of isocyanates is 1. The van der Waals surface area contributed by atoms with Gasteiger partial charge in [0, 0.05) is 17.3 Å². The molecule has 1 aromatic heterocycles. The van der Waals surface area contributed by atoms with Gasteiger partial charge in [-0.2, -0.15) is 4.99 Å². The number of carbonyl (C=O) groups is 1. The summed E-state index contributed by atoms with van der Waals surface area (Å²) in [5.41, 5.74) is 3.13. The van der Waals surface area contributed by atoms with E-state index in [0.29, 0.717) is 17.9 Å². The summed E-state index contributed by atoms with van der Waals surface area (Å²) in [7, 11) is 0. The average Bonchev–Trinajstić information content (AvgIpc) is 2.73. The standard InChI is InChI=1S/C24H31N3O3/c1-3-4-5-6-7-8-10-21-11-9-14-27(18-21)15-16-30-24(29)26-22-13-12-20(2)23(17-22)25-19-28/h9,11-14,17-18H,3-8,10,15-16H2,1-2H3/p+1. The van der Waals surface area contributed by atoms with Gasteiger partial charge in [-0.25, -0.2) is 14.2 Å². The van der Waals surface area contributed by atoms with Crippen LogP contribution in [0.3, 0.4) is 0 Å². The van der Waals surface area contributed by atoms with Crippen LogP contribution in [0.2, 0.25) is 0 Å². The molecule has 0 saturated carbocycles. The van der Waals surface area contributed by atoms with E-state index < -0.39 is 6.09 Å². The molecule has 0 aliphatic rings. The number of amides is 1. The molecule has 6 nitrogen and oxygen atoms in total. The van der Waals surface area contributed by atoms with E-state index in [-0.39, 0.29) is 6.61 Å². The van der Waals surface area contributed by atoms with Crippen molar-refractivity contribution in [3.8, 4) is 0 Å². The van der Waals surface area contributed by atoms with Crippen LogP contribution in [0.15, 0.2) is 47.7 Å². The first-order valence-electron chi connectivity index (χ1n) is 10.7. The monoisotopic (exact) mass is 410 g/mol. The quantitative estimate of drug-likeness (QED) is 0.220.